The Balaban J connectivity index is 2.54. The molecule has 0 spiro atoms. The van der Waals surface area contributed by atoms with Gasteiger partial charge in [0.25, 0.3) is 0 Å². The summed E-state index contributed by atoms with van der Waals surface area (Å²) in [7, 11) is 0. The minimum Gasteiger partial charge on any atom is -0.364 e. The van der Waals surface area contributed by atoms with Crippen molar-refractivity contribution in [3.05, 3.63) is 24.0 Å². The molecule has 0 fully saturated rings. The lowest BCUT2D eigenvalue weighted by molar-refractivity contribution is -0.122. The quantitative estimate of drug-likeness (QED) is 0.685. The molecular weight excluding hydrogens is 190 g/mol. The van der Waals surface area contributed by atoms with Gasteiger partial charge in [0.05, 0.1) is 6.04 Å². The zero-order chi connectivity index (χ0) is 11.5. The number of hydrogen-bond donors (Lipinski definition) is 3. The van der Waals surface area contributed by atoms with Crippen LogP contribution in [0.3, 0.4) is 0 Å². The second kappa shape index (κ2) is 4.49. The van der Waals surface area contributed by atoms with Crippen LogP contribution in [0.5, 0.6) is 0 Å². The maximum atomic E-state index is 11.3. The van der Waals surface area contributed by atoms with Crippen molar-refractivity contribution in [1.29, 1.82) is 0 Å². The monoisotopic (exact) mass is 209 g/mol. The smallest absolute Gasteiger partial charge is 0.236 e. The molecule has 4 N–H and O–H groups in total. The molecule has 0 saturated carbocycles. The van der Waals surface area contributed by atoms with Crippen LogP contribution in [0.2, 0.25) is 0 Å². The van der Waals surface area contributed by atoms with Gasteiger partial charge < -0.3 is 16.0 Å². The lowest BCUT2D eigenvalue weighted by Crippen LogP contribution is -2.43. The van der Waals surface area contributed by atoms with Crippen LogP contribution in [0.4, 0.5) is 0 Å². The van der Waals surface area contributed by atoms with E-state index in [4.69, 9.17) is 5.73 Å². The number of carbonyl (C=O) groups excluding carboxylic acids is 1. The van der Waals surface area contributed by atoms with Crippen LogP contribution in [-0.2, 0) is 10.2 Å². The Labute approximate surface area is 90.2 Å². The number of nitrogens with two attached hydrogens (primary N) is 1. The third kappa shape index (κ3) is 3.09. The molecule has 0 saturated heterocycles. The van der Waals surface area contributed by atoms with Crippen molar-refractivity contribution in [3.8, 4) is 0 Å². The van der Waals surface area contributed by atoms with E-state index in [-0.39, 0.29) is 11.3 Å². The summed E-state index contributed by atoms with van der Waals surface area (Å²) >= 11 is 0. The molecule has 1 amide bonds. The first-order valence-electron chi connectivity index (χ1n) is 5.10. The average molecular weight is 209 g/mol. The van der Waals surface area contributed by atoms with E-state index in [9.17, 15) is 4.79 Å². The van der Waals surface area contributed by atoms with Crippen LogP contribution in [0.25, 0.3) is 0 Å². The minimum absolute atomic E-state index is 0.103. The zero-order valence-corrected chi connectivity index (χ0v) is 9.50. The highest BCUT2D eigenvalue weighted by atomic mass is 16.2. The van der Waals surface area contributed by atoms with Gasteiger partial charge in [0.1, 0.15) is 0 Å². The number of nitrogens with one attached hydrogen (secondary N) is 2. The standard InChI is InChI=1S/C11H19N3O/c1-8(12)10(15)14-7-11(2,3)9-5-4-6-13-9/h4-6,8,13H,7,12H2,1-3H3,(H,14,15). The van der Waals surface area contributed by atoms with E-state index in [1.807, 2.05) is 18.3 Å². The fourth-order valence-electron chi connectivity index (χ4n) is 1.32. The lowest BCUT2D eigenvalue weighted by Gasteiger charge is -2.24. The Morgan fingerprint density at radius 3 is 2.80 bits per heavy atom. The molecule has 0 aliphatic rings. The maximum absolute atomic E-state index is 11.3. The van der Waals surface area contributed by atoms with Gasteiger partial charge in [-0.3, -0.25) is 4.79 Å². The highest BCUT2D eigenvalue weighted by molar-refractivity contribution is 5.81. The molecule has 1 aromatic rings. The van der Waals surface area contributed by atoms with Gasteiger partial charge in [-0.25, -0.2) is 0 Å². The lowest BCUT2D eigenvalue weighted by atomic mass is 9.89. The van der Waals surface area contributed by atoms with Crippen molar-refractivity contribution in [2.45, 2.75) is 32.2 Å². The van der Waals surface area contributed by atoms with Gasteiger partial charge in [0.15, 0.2) is 0 Å². The third-order valence-electron chi connectivity index (χ3n) is 2.45. The average Bonchev–Trinajstić information content (AvgIpc) is 2.67. The molecule has 0 aliphatic carbocycles. The van der Waals surface area contributed by atoms with E-state index in [1.165, 1.54) is 0 Å². The van der Waals surface area contributed by atoms with Crippen molar-refractivity contribution in [3.63, 3.8) is 0 Å². The van der Waals surface area contributed by atoms with Gasteiger partial charge in [-0.1, -0.05) is 13.8 Å². The molecule has 0 aromatic carbocycles. The molecule has 1 aromatic heterocycles. The molecule has 0 bridgehead atoms. The summed E-state index contributed by atoms with van der Waals surface area (Å²) in [6.45, 7) is 6.39. The van der Waals surface area contributed by atoms with Crippen LogP contribution in [-0.4, -0.2) is 23.5 Å². The highest BCUT2D eigenvalue weighted by Gasteiger charge is 2.22. The topological polar surface area (TPSA) is 70.9 Å². The summed E-state index contributed by atoms with van der Waals surface area (Å²) in [5.41, 5.74) is 6.47. The first-order valence-corrected chi connectivity index (χ1v) is 5.10. The van der Waals surface area contributed by atoms with Crippen LogP contribution in [0.15, 0.2) is 18.3 Å². The second-order valence-electron chi connectivity index (χ2n) is 4.47. The van der Waals surface area contributed by atoms with E-state index in [0.717, 1.165) is 5.69 Å². The summed E-state index contributed by atoms with van der Waals surface area (Å²) < 4.78 is 0. The number of aromatic amines is 1. The highest BCUT2D eigenvalue weighted by Crippen LogP contribution is 2.19. The van der Waals surface area contributed by atoms with E-state index < -0.39 is 6.04 Å². The fraction of sp³-hybridized carbons (Fsp3) is 0.545. The zero-order valence-electron chi connectivity index (χ0n) is 9.50. The van der Waals surface area contributed by atoms with Crippen molar-refractivity contribution in [2.75, 3.05) is 6.54 Å². The van der Waals surface area contributed by atoms with E-state index in [2.05, 4.69) is 24.1 Å². The van der Waals surface area contributed by atoms with Crippen molar-refractivity contribution < 1.29 is 4.79 Å². The minimum atomic E-state index is -0.454. The van der Waals surface area contributed by atoms with E-state index in [0.29, 0.717) is 6.54 Å². The van der Waals surface area contributed by atoms with Crippen LogP contribution < -0.4 is 11.1 Å². The fourth-order valence-corrected chi connectivity index (χ4v) is 1.32. The van der Waals surface area contributed by atoms with Gasteiger partial charge in [0.2, 0.25) is 5.91 Å². The van der Waals surface area contributed by atoms with Gasteiger partial charge in [-0.05, 0) is 19.1 Å². The van der Waals surface area contributed by atoms with Gasteiger partial charge in [-0.2, -0.15) is 0 Å². The van der Waals surface area contributed by atoms with E-state index in [1.54, 1.807) is 6.92 Å². The van der Waals surface area contributed by atoms with Gasteiger partial charge in [0, 0.05) is 23.9 Å². The van der Waals surface area contributed by atoms with E-state index >= 15 is 0 Å². The number of aromatic nitrogens is 1. The predicted octanol–water partition coefficient (Wildman–Crippen LogP) is 0.756. The van der Waals surface area contributed by atoms with Crippen molar-refractivity contribution >= 4 is 5.91 Å². The second-order valence-corrected chi connectivity index (χ2v) is 4.47. The van der Waals surface area contributed by atoms with Gasteiger partial charge in [-0.15, -0.1) is 0 Å². The predicted molar refractivity (Wildman–Crippen MR) is 60.5 cm³/mol. The molecule has 84 valence electrons. The van der Waals surface area contributed by atoms with Crippen molar-refractivity contribution in [1.82, 2.24) is 10.3 Å². The summed E-state index contributed by atoms with van der Waals surface area (Å²) in [5.74, 6) is -0.116. The molecule has 0 aliphatic heterocycles. The Hall–Kier alpha value is -1.29. The number of rotatable bonds is 4. The molecule has 1 atom stereocenters. The summed E-state index contributed by atoms with van der Waals surface area (Å²) in [5, 5.41) is 2.83. The molecule has 15 heavy (non-hydrogen) atoms. The molecule has 0 radical (unpaired) electrons. The van der Waals surface area contributed by atoms with Crippen LogP contribution in [0, 0.1) is 0 Å². The third-order valence-corrected chi connectivity index (χ3v) is 2.45. The number of hydrogen-bond acceptors (Lipinski definition) is 2. The SMILES string of the molecule is CC(N)C(=O)NCC(C)(C)c1ccc[nH]1. The van der Waals surface area contributed by atoms with Crippen LogP contribution in [0.1, 0.15) is 26.5 Å². The number of amides is 1. The first-order chi connectivity index (χ1) is 6.93. The molecule has 1 heterocycles. The molecule has 1 rings (SSSR count). The Morgan fingerprint density at radius 1 is 1.67 bits per heavy atom. The Bertz CT molecular complexity index is 315. The largest absolute Gasteiger partial charge is 0.364 e. The number of carbonyl (C=O) groups is 1. The molecule has 4 nitrogen and oxygen atoms in total. The first kappa shape index (κ1) is 11.8. The molecule has 1 unspecified atom stereocenters. The number of H-pyrrole nitrogens is 1. The van der Waals surface area contributed by atoms with Crippen molar-refractivity contribution in [2.24, 2.45) is 5.73 Å². The Kier molecular flexibility index (Phi) is 3.52. The summed E-state index contributed by atoms with van der Waals surface area (Å²) in [4.78, 5) is 14.5. The van der Waals surface area contributed by atoms with Gasteiger partial charge >= 0.3 is 0 Å². The normalized spacial score (nSPS) is 13.6. The summed E-state index contributed by atoms with van der Waals surface area (Å²) in [6.07, 6.45) is 1.88. The Morgan fingerprint density at radius 2 is 2.33 bits per heavy atom. The molecular formula is C11H19N3O. The maximum Gasteiger partial charge on any atom is 0.236 e. The summed E-state index contributed by atoms with van der Waals surface area (Å²) in [6, 6.07) is 3.51. The molecule has 4 heteroatoms. The van der Waals surface area contributed by atoms with Crippen LogP contribution >= 0.6 is 0 Å².